The van der Waals surface area contributed by atoms with Gasteiger partial charge in [0.2, 0.25) is 5.88 Å². The highest BCUT2D eigenvalue weighted by atomic mass is 16.5. The summed E-state index contributed by atoms with van der Waals surface area (Å²) < 4.78 is 5.04. The molecule has 0 unspecified atom stereocenters. The van der Waals surface area contributed by atoms with E-state index < -0.39 is 5.91 Å². The van der Waals surface area contributed by atoms with Crippen LogP contribution in [0.1, 0.15) is 10.4 Å². The maximum absolute atomic E-state index is 11.5. The van der Waals surface area contributed by atoms with Gasteiger partial charge in [0.25, 0.3) is 5.91 Å². The lowest BCUT2D eigenvalue weighted by Crippen LogP contribution is -2.14. The van der Waals surface area contributed by atoms with Gasteiger partial charge in [0, 0.05) is 24.2 Å². The molecule has 0 aliphatic rings. The quantitative estimate of drug-likeness (QED) is 0.859. The summed E-state index contributed by atoms with van der Waals surface area (Å²) >= 11 is 0. The van der Waals surface area contributed by atoms with Gasteiger partial charge in [0.15, 0.2) is 0 Å². The van der Waals surface area contributed by atoms with E-state index >= 15 is 0 Å². The molecule has 2 heterocycles. The maximum Gasteiger partial charge on any atom is 0.254 e. The van der Waals surface area contributed by atoms with Crippen LogP contribution in [0.2, 0.25) is 0 Å². The normalized spacial score (nSPS) is 9.94. The second kappa shape index (κ2) is 4.61. The first kappa shape index (κ1) is 11.1. The van der Waals surface area contributed by atoms with Crippen LogP contribution in [0.25, 0.3) is 11.1 Å². The minimum atomic E-state index is -0.568. The van der Waals surface area contributed by atoms with Gasteiger partial charge in [0.05, 0.1) is 7.11 Å². The molecule has 2 aromatic heterocycles. The number of carbonyl (C=O) groups excluding carboxylic acids is 1. The number of hydrogen-bond donors (Lipinski definition) is 1. The molecular formula is C12H11N3O2. The summed E-state index contributed by atoms with van der Waals surface area (Å²) in [6.07, 6.45) is 4.86. The first-order valence-electron chi connectivity index (χ1n) is 4.97. The van der Waals surface area contributed by atoms with Crippen molar-refractivity contribution >= 4 is 5.91 Å². The molecule has 86 valence electrons. The van der Waals surface area contributed by atoms with Crippen LogP contribution in [0.5, 0.6) is 5.88 Å². The van der Waals surface area contributed by atoms with E-state index in [1.165, 1.54) is 7.11 Å². The molecule has 0 spiro atoms. The molecule has 0 aliphatic heterocycles. The molecule has 2 aromatic rings. The maximum atomic E-state index is 11.5. The van der Waals surface area contributed by atoms with Gasteiger partial charge >= 0.3 is 0 Å². The van der Waals surface area contributed by atoms with Crippen LogP contribution < -0.4 is 10.5 Å². The molecule has 0 aliphatic carbocycles. The summed E-state index contributed by atoms with van der Waals surface area (Å²) in [4.78, 5) is 19.4. The first-order chi connectivity index (χ1) is 8.24. The molecule has 0 saturated heterocycles. The summed E-state index contributed by atoms with van der Waals surface area (Å²) in [5, 5.41) is 0. The van der Waals surface area contributed by atoms with Crippen molar-refractivity contribution in [2.24, 2.45) is 5.73 Å². The lowest BCUT2D eigenvalue weighted by atomic mass is 10.0. The predicted octanol–water partition coefficient (Wildman–Crippen LogP) is 1.25. The Hall–Kier alpha value is -2.43. The molecule has 0 saturated carbocycles. The zero-order valence-electron chi connectivity index (χ0n) is 9.25. The Balaban J connectivity index is 2.66. The molecule has 17 heavy (non-hydrogen) atoms. The molecule has 1 amide bonds. The standard InChI is InChI=1S/C12H11N3O2/c1-17-12-10(11(13)16)9(4-7-15-12)8-2-5-14-6-3-8/h2-7H,1H3,(H2,13,16). The minimum Gasteiger partial charge on any atom is -0.480 e. The van der Waals surface area contributed by atoms with Gasteiger partial charge in [-0.05, 0) is 23.8 Å². The fourth-order valence-corrected chi connectivity index (χ4v) is 1.61. The van der Waals surface area contributed by atoms with Crippen LogP contribution in [0.15, 0.2) is 36.8 Å². The average molecular weight is 229 g/mol. The minimum absolute atomic E-state index is 0.229. The van der Waals surface area contributed by atoms with E-state index in [0.717, 1.165) is 5.56 Å². The van der Waals surface area contributed by atoms with Crippen molar-refractivity contribution in [1.29, 1.82) is 0 Å². The molecule has 0 bridgehead atoms. The van der Waals surface area contributed by atoms with Crippen LogP contribution in [0.4, 0.5) is 0 Å². The second-order valence-electron chi connectivity index (χ2n) is 3.34. The van der Waals surface area contributed by atoms with Gasteiger partial charge in [-0.1, -0.05) is 0 Å². The molecule has 2 N–H and O–H groups in total. The van der Waals surface area contributed by atoms with Crippen LogP contribution in [-0.4, -0.2) is 23.0 Å². The third kappa shape index (κ3) is 2.08. The SMILES string of the molecule is COc1nccc(-c2ccncc2)c1C(N)=O. The number of hydrogen-bond acceptors (Lipinski definition) is 4. The third-order valence-electron chi connectivity index (χ3n) is 2.35. The number of nitrogens with zero attached hydrogens (tertiary/aromatic N) is 2. The van der Waals surface area contributed by atoms with Gasteiger partial charge in [-0.25, -0.2) is 4.98 Å². The lowest BCUT2D eigenvalue weighted by molar-refractivity contribution is 0.0997. The van der Waals surface area contributed by atoms with Crippen molar-refractivity contribution in [2.75, 3.05) is 7.11 Å². The average Bonchev–Trinajstić information content (AvgIpc) is 2.38. The molecule has 5 heteroatoms. The Labute approximate surface area is 98.3 Å². The number of aromatic nitrogens is 2. The first-order valence-corrected chi connectivity index (χ1v) is 4.97. The van der Waals surface area contributed by atoms with Crippen molar-refractivity contribution in [3.8, 4) is 17.0 Å². The van der Waals surface area contributed by atoms with Gasteiger partial charge in [0.1, 0.15) is 5.56 Å². The third-order valence-corrected chi connectivity index (χ3v) is 2.35. The van der Waals surface area contributed by atoms with E-state index in [-0.39, 0.29) is 11.4 Å². The summed E-state index contributed by atoms with van der Waals surface area (Å²) in [7, 11) is 1.45. The van der Waals surface area contributed by atoms with Crippen molar-refractivity contribution in [3.63, 3.8) is 0 Å². The number of pyridine rings is 2. The number of nitrogens with two attached hydrogens (primary N) is 1. The van der Waals surface area contributed by atoms with Gasteiger partial charge in [-0.3, -0.25) is 9.78 Å². The Morgan fingerprint density at radius 1 is 1.24 bits per heavy atom. The largest absolute Gasteiger partial charge is 0.480 e. The molecule has 0 atom stereocenters. The van der Waals surface area contributed by atoms with E-state index in [1.807, 2.05) is 0 Å². The van der Waals surface area contributed by atoms with Crippen molar-refractivity contribution in [1.82, 2.24) is 9.97 Å². The fourth-order valence-electron chi connectivity index (χ4n) is 1.61. The van der Waals surface area contributed by atoms with Gasteiger partial charge < -0.3 is 10.5 Å². The Bertz CT molecular complexity index is 541. The van der Waals surface area contributed by atoms with E-state index in [4.69, 9.17) is 10.5 Å². The van der Waals surface area contributed by atoms with Crippen molar-refractivity contribution in [2.45, 2.75) is 0 Å². The summed E-state index contributed by atoms with van der Waals surface area (Å²) in [5.74, 6) is -0.339. The monoisotopic (exact) mass is 229 g/mol. The highest BCUT2D eigenvalue weighted by Gasteiger charge is 2.16. The Kier molecular flexibility index (Phi) is 3.00. The number of methoxy groups -OCH3 is 1. The molecule has 0 aromatic carbocycles. The highest BCUT2D eigenvalue weighted by molar-refractivity contribution is 6.01. The van der Waals surface area contributed by atoms with E-state index in [9.17, 15) is 4.79 Å². The number of amides is 1. The van der Waals surface area contributed by atoms with Crippen molar-refractivity contribution in [3.05, 3.63) is 42.4 Å². The van der Waals surface area contributed by atoms with Crippen LogP contribution in [-0.2, 0) is 0 Å². The zero-order valence-corrected chi connectivity index (χ0v) is 9.25. The Morgan fingerprint density at radius 2 is 1.94 bits per heavy atom. The van der Waals surface area contributed by atoms with Gasteiger partial charge in [-0.15, -0.1) is 0 Å². The fraction of sp³-hybridized carbons (Fsp3) is 0.0833. The summed E-state index contributed by atoms with van der Waals surface area (Å²) in [6.45, 7) is 0. The molecule has 0 fully saturated rings. The number of ether oxygens (including phenoxy) is 1. The van der Waals surface area contributed by atoms with E-state index in [0.29, 0.717) is 5.56 Å². The Morgan fingerprint density at radius 3 is 2.53 bits per heavy atom. The summed E-state index contributed by atoms with van der Waals surface area (Å²) in [5.41, 5.74) is 7.16. The second-order valence-corrected chi connectivity index (χ2v) is 3.34. The molecule has 2 rings (SSSR count). The van der Waals surface area contributed by atoms with Crippen molar-refractivity contribution < 1.29 is 9.53 Å². The van der Waals surface area contributed by atoms with E-state index in [2.05, 4.69) is 9.97 Å². The predicted molar refractivity (Wildman–Crippen MR) is 62.5 cm³/mol. The van der Waals surface area contributed by atoms with Crippen LogP contribution in [0, 0.1) is 0 Å². The number of rotatable bonds is 3. The smallest absolute Gasteiger partial charge is 0.254 e. The number of carbonyl (C=O) groups is 1. The summed E-state index contributed by atoms with van der Waals surface area (Å²) in [6, 6.07) is 5.31. The molecular weight excluding hydrogens is 218 g/mol. The van der Waals surface area contributed by atoms with Crippen LogP contribution >= 0.6 is 0 Å². The molecule has 0 radical (unpaired) electrons. The number of primary amides is 1. The van der Waals surface area contributed by atoms with E-state index in [1.54, 1.807) is 36.8 Å². The molecule has 5 nitrogen and oxygen atoms in total. The van der Waals surface area contributed by atoms with Gasteiger partial charge in [-0.2, -0.15) is 0 Å². The zero-order chi connectivity index (χ0) is 12.3. The van der Waals surface area contributed by atoms with Crippen LogP contribution in [0.3, 0.4) is 0 Å². The topological polar surface area (TPSA) is 78.1 Å². The highest BCUT2D eigenvalue weighted by Crippen LogP contribution is 2.27. The lowest BCUT2D eigenvalue weighted by Gasteiger charge is -2.09.